The van der Waals surface area contributed by atoms with E-state index in [1.165, 1.54) is 20.3 Å². The Morgan fingerprint density at radius 2 is 2.00 bits per heavy atom. The van der Waals surface area contributed by atoms with E-state index < -0.39 is 17.9 Å². The highest BCUT2D eigenvalue weighted by atomic mass is 35.5. The number of ether oxygens (including phenoxy) is 3. The van der Waals surface area contributed by atoms with Crippen molar-refractivity contribution in [3.05, 3.63) is 28.2 Å². The highest BCUT2D eigenvalue weighted by Gasteiger charge is 2.21. The van der Waals surface area contributed by atoms with Gasteiger partial charge in [-0.05, 0) is 12.1 Å². The standard InChI is InChI=1S/C14H17Cl2NO5/c1-20-6-5-11(14(19)21-2)17-13(18)8-22-12-7-9(15)3-4-10(12)16/h3-4,7,11H,5-6,8H2,1-2H3,(H,17,18). The number of methoxy groups -OCH3 is 2. The number of hydrogen-bond donors (Lipinski definition) is 1. The second-order valence-corrected chi connectivity index (χ2v) is 5.13. The molecule has 1 unspecified atom stereocenters. The molecule has 6 nitrogen and oxygen atoms in total. The Hall–Kier alpha value is -1.50. The third-order valence-electron chi connectivity index (χ3n) is 2.68. The van der Waals surface area contributed by atoms with Crippen molar-refractivity contribution >= 4 is 35.1 Å². The molecule has 22 heavy (non-hydrogen) atoms. The number of amides is 1. The van der Waals surface area contributed by atoms with E-state index in [4.69, 9.17) is 32.7 Å². The van der Waals surface area contributed by atoms with Crippen LogP contribution in [0.3, 0.4) is 0 Å². The third-order valence-corrected chi connectivity index (χ3v) is 3.23. The van der Waals surface area contributed by atoms with Gasteiger partial charge in [0.05, 0.1) is 12.1 Å². The molecule has 0 aromatic heterocycles. The van der Waals surface area contributed by atoms with Gasteiger partial charge in [-0.3, -0.25) is 4.79 Å². The van der Waals surface area contributed by atoms with Crippen LogP contribution in [0.1, 0.15) is 6.42 Å². The third kappa shape index (κ3) is 6.09. The second kappa shape index (κ2) is 9.50. The Morgan fingerprint density at radius 1 is 1.27 bits per heavy atom. The molecule has 0 fully saturated rings. The molecule has 1 aromatic rings. The lowest BCUT2D eigenvalue weighted by Gasteiger charge is -2.16. The summed E-state index contributed by atoms with van der Waals surface area (Å²) in [6, 6.07) is 3.87. The highest BCUT2D eigenvalue weighted by molar-refractivity contribution is 6.34. The molecule has 1 amide bonds. The van der Waals surface area contributed by atoms with Crippen molar-refractivity contribution in [3.8, 4) is 5.75 Å². The van der Waals surface area contributed by atoms with E-state index in [-0.39, 0.29) is 12.4 Å². The largest absolute Gasteiger partial charge is 0.482 e. The van der Waals surface area contributed by atoms with Gasteiger partial charge in [0.1, 0.15) is 11.8 Å². The quantitative estimate of drug-likeness (QED) is 0.727. The summed E-state index contributed by atoms with van der Waals surface area (Å²) in [6.07, 6.45) is 0.298. The van der Waals surface area contributed by atoms with E-state index >= 15 is 0 Å². The van der Waals surface area contributed by atoms with Gasteiger partial charge in [0.15, 0.2) is 6.61 Å². The Morgan fingerprint density at radius 3 is 2.64 bits per heavy atom. The van der Waals surface area contributed by atoms with Gasteiger partial charge in [0.2, 0.25) is 0 Å². The molecule has 1 aromatic carbocycles. The van der Waals surface area contributed by atoms with Gasteiger partial charge < -0.3 is 19.5 Å². The summed E-state index contributed by atoms with van der Waals surface area (Å²) in [7, 11) is 2.75. The minimum Gasteiger partial charge on any atom is -0.482 e. The monoisotopic (exact) mass is 349 g/mol. The Labute approximate surface area is 138 Å². The fourth-order valence-electron chi connectivity index (χ4n) is 1.59. The van der Waals surface area contributed by atoms with Gasteiger partial charge >= 0.3 is 5.97 Å². The molecule has 1 N–H and O–H groups in total. The summed E-state index contributed by atoms with van der Waals surface area (Å²) >= 11 is 11.7. The first-order valence-electron chi connectivity index (χ1n) is 6.42. The second-order valence-electron chi connectivity index (χ2n) is 4.29. The zero-order valence-corrected chi connectivity index (χ0v) is 13.7. The van der Waals surface area contributed by atoms with Crippen LogP contribution in [0.15, 0.2) is 18.2 Å². The van der Waals surface area contributed by atoms with Crippen LogP contribution in [-0.4, -0.2) is 45.4 Å². The molecule has 0 aliphatic heterocycles. The lowest BCUT2D eigenvalue weighted by molar-refractivity contribution is -0.145. The highest BCUT2D eigenvalue weighted by Crippen LogP contribution is 2.27. The maximum absolute atomic E-state index is 11.8. The smallest absolute Gasteiger partial charge is 0.328 e. The lowest BCUT2D eigenvalue weighted by atomic mass is 10.2. The number of halogens is 2. The van der Waals surface area contributed by atoms with Crippen molar-refractivity contribution in [2.24, 2.45) is 0 Å². The molecule has 0 spiro atoms. The summed E-state index contributed by atoms with van der Waals surface area (Å²) in [5.74, 6) is -0.746. The molecule has 0 radical (unpaired) electrons. The molecule has 0 aliphatic rings. The first kappa shape index (κ1) is 18.5. The van der Waals surface area contributed by atoms with Crippen molar-refractivity contribution in [1.29, 1.82) is 0 Å². The summed E-state index contributed by atoms with van der Waals surface area (Å²) in [6.45, 7) is 0.00155. The topological polar surface area (TPSA) is 73.9 Å². The van der Waals surface area contributed by atoms with E-state index in [9.17, 15) is 9.59 Å². The number of benzene rings is 1. The molecular formula is C14H17Cl2NO5. The molecule has 0 bridgehead atoms. The normalized spacial score (nSPS) is 11.6. The van der Waals surface area contributed by atoms with Crippen LogP contribution in [0.4, 0.5) is 0 Å². The number of carbonyl (C=O) groups is 2. The molecule has 1 rings (SSSR count). The van der Waals surface area contributed by atoms with Crippen molar-refractivity contribution in [1.82, 2.24) is 5.32 Å². The molecule has 8 heteroatoms. The number of rotatable bonds is 8. The van der Waals surface area contributed by atoms with Crippen LogP contribution >= 0.6 is 23.2 Å². The van der Waals surface area contributed by atoms with Crippen LogP contribution in [0.25, 0.3) is 0 Å². The predicted molar refractivity (Wildman–Crippen MR) is 82.4 cm³/mol. The van der Waals surface area contributed by atoms with Crippen LogP contribution in [0.2, 0.25) is 10.0 Å². The van der Waals surface area contributed by atoms with Gasteiger partial charge in [0.25, 0.3) is 5.91 Å². The van der Waals surface area contributed by atoms with Gasteiger partial charge in [-0.1, -0.05) is 23.2 Å². The minimum absolute atomic E-state index is 0.288. The van der Waals surface area contributed by atoms with Crippen LogP contribution < -0.4 is 10.1 Å². The average molecular weight is 350 g/mol. The molecule has 0 saturated carbocycles. The maximum atomic E-state index is 11.8. The zero-order chi connectivity index (χ0) is 16.5. The van der Waals surface area contributed by atoms with Crippen molar-refractivity contribution in [2.45, 2.75) is 12.5 Å². The number of esters is 1. The number of carbonyl (C=O) groups excluding carboxylic acids is 2. The average Bonchev–Trinajstić information content (AvgIpc) is 2.51. The Bertz CT molecular complexity index is 524. The van der Waals surface area contributed by atoms with E-state index in [0.717, 1.165) is 0 Å². The van der Waals surface area contributed by atoms with E-state index in [2.05, 4.69) is 10.1 Å². The maximum Gasteiger partial charge on any atom is 0.328 e. The van der Waals surface area contributed by atoms with Gasteiger partial charge in [-0.2, -0.15) is 0 Å². The Balaban J connectivity index is 2.56. The predicted octanol–water partition coefficient (Wildman–Crippen LogP) is 2.07. The summed E-state index contributed by atoms with van der Waals surface area (Å²) < 4.78 is 14.8. The van der Waals surface area contributed by atoms with Crippen molar-refractivity contribution in [3.63, 3.8) is 0 Å². The van der Waals surface area contributed by atoms with Crippen LogP contribution in [-0.2, 0) is 19.1 Å². The molecular weight excluding hydrogens is 333 g/mol. The fraction of sp³-hybridized carbons (Fsp3) is 0.429. The van der Waals surface area contributed by atoms with Crippen LogP contribution in [0, 0.1) is 0 Å². The zero-order valence-electron chi connectivity index (χ0n) is 12.2. The van der Waals surface area contributed by atoms with Gasteiger partial charge in [-0.15, -0.1) is 0 Å². The van der Waals surface area contributed by atoms with E-state index in [1.54, 1.807) is 12.1 Å². The van der Waals surface area contributed by atoms with Crippen LogP contribution in [0.5, 0.6) is 5.75 Å². The van der Waals surface area contributed by atoms with E-state index in [0.29, 0.717) is 23.1 Å². The molecule has 0 heterocycles. The number of hydrogen-bond acceptors (Lipinski definition) is 5. The van der Waals surface area contributed by atoms with E-state index in [1.807, 2.05) is 0 Å². The minimum atomic E-state index is -0.795. The fourth-order valence-corrected chi connectivity index (χ4v) is 1.93. The first-order valence-corrected chi connectivity index (χ1v) is 7.17. The summed E-state index contributed by atoms with van der Waals surface area (Å²) in [5.41, 5.74) is 0. The Kier molecular flexibility index (Phi) is 8.01. The first-order chi connectivity index (χ1) is 10.5. The van der Waals surface area contributed by atoms with Crippen molar-refractivity contribution in [2.75, 3.05) is 27.4 Å². The van der Waals surface area contributed by atoms with Crippen molar-refractivity contribution < 1.29 is 23.8 Å². The van der Waals surface area contributed by atoms with Gasteiger partial charge in [0, 0.05) is 31.2 Å². The summed E-state index contributed by atoms with van der Waals surface area (Å²) in [5, 5.41) is 3.28. The molecule has 0 aliphatic carbocycles. The lowest BCUT2D eigenvalue weighted by Crippen LogP contribution is -2.44. The van der Waals surface area contributed by atoms with Gasteiger partial charge in [-0.25, -0.2) is 4.79 Å². The number of nitrogens with one attached hydrogen (secondary N) is 1. The molecule has 0 saturated heterocycles. The molecule has 1 atom stereocenters. The summed E-state index contributed by atoms with van der Waals surface area (Å²) in [4.78, 5) is 23.4. The molecule has 122 valence electrons. The SMILES string of the molecule is COCCC(NC(=O)COc1cc(Cl)ccc1Cl)C(=O)OC.